The third-order valence-electron chi connectivity index (χ3n) is 1.81. The molecule has 1 atom stereocenters. The van der Waals surface area contributed by atoms with Crippen molar-refractivity contribution in [1.29, 1.82) is 0 Å². The molecule has 1 aromatic carbocycles. The molecule has 14 heavy (non-hydrogen) atoms. The zero-order valence-corrected chi connectivity index (χ0v) is 7.93. The van der Waals surface area contributed by atoms with Crippen molar-refractivity contribution < 1.29 is 13.9 Å². The van der Waals surface area contributed by atoms with Crippen LogP contribution in [-0.4, -0.2) is 17.8 Å². The number of hydrogen-bond acceptors (Lipinski definition) is 2. The highest BCUT2D eigenvalue weighted by molar-refractivity contribution is 5.44. The van der Waals surface area contributed by atoms with Crippen molar-refractivity contribution in [2.75, 3.05) is 11.9 Å². The Labute approximate surface area is 81.6 Å². The summed E-state index contributed by atoms with van der Waals surface area (Å²) in [6, 6.07) is 3.35. The number of benzene rings is 1. The number of halogens is 2. The molecule has 0 aliphatic carbocycles. The molecule has 0 saturated carbocycles. The molecule has 0 amide bonds. The Morgan fingerprint density at radius 2 is 2.14 bits per heavy atom. The molecule has 0 bridgehead atoms. The lowest BCUT2D eigenvalue weighted by atomic mass is 10.2. The van der Waals surface area contributed by atoms with E-state index in [1.165, 1.54) is 12.1 Å². The Kier molecular flexibility index (Phi) is 3.83. The average Bonchev–Trinajstić information content (AvgIpc) is 2.08. The molecule has 0 spiro atoms. The zero-order valence-electron chi connectivity index (χ0n) is 7.93. The summed E-state index contributed by atoms with van der Waals surface area (Å²) in [5.41, 5.74) is 0.257. The number of hydrogen-bond donors (Lipinski definition) is 2. The molecule has 0 aliphatic heterocycles. The molecule has 0 fully saturated rings. The minimum Gasteiger partial charge on any atom is -0.393 e. The Hall–Kier alpha value is -1.16. The van der Waals surface area contributed by atoms with Crippen LogP contribution in [0.3, 0.4) is 0 Å². The van der Waals surface area contributed by atoms with Gasteiger partial charge in [-0.05, 0) is 25.5 Å². The smallest absolute Gasteiger partial charge is 0.149 e. The van der Waals surface area contributed by atoms with Crippen molar-refractivity contribution in [1.82, 2.24) is 0 Å². The van der Waals surface area contributed by atoms with Gasteiger partial charge in [0.2, 0.25) is 0 Å². The van der Waals surface area contributed by atoms with Crippen LogP contribution < -0.4 is 5.32 Å². The van der Waals surface area contributed by atoms with Crippen molar-refractivity contribution in [2.45, 2.75) is 19.4 Å². The van der Waals surface area contributed by atoms with Gasteiger partial charge < -0.3 is 10.4 Å². The standard InChI is InChI=1S/C10H13F2NO/c1-7(14)4-5-13-10-3-2-8(11)6-9(10)12/h2-3,6-7,13-14H,4-5H2,1H3. The van der Waals surface area contributed by atoms with E-state index in [1.807, 2.05) is 0 Å². The molecule has 78 valence electrons. The molecule has 0 saturated heterocycles. The first-order valence-corrected chi connectivity index (χ1v) is 4.46. The Bertz CT molecular complexity index is 302. The highest BCUT2D eigenvalue weighted by atomic mass is 19.1. The maximum Gasteiger partial charge on any atom is 0.149 e. The molecular formula is C10H13F2NO. The van der Waals surface area contributed by atoms with Crippen LogP contribution in [0.5, 0.6) is 0 Å². The number of anilines is 1. The van der Waals surface area contributed by atoms with Gasteiger partial charge in [-0.15, -0.1) is 0 Å². The maximum atomic E-state index is 13.0. The van der Waals surface area contributed by atoms with Crippen molar-refractivity contribution in [3.05, 3.63) is 29.8 Å². The minimum absolute atomic E-state index is 0.257. The second-order valence-corrected chi connectivity index (χ2v) is 3.19. The van der Waals surface area contributed by atoms with E-state index in [-0.39, 0.29) is 5.69 Å². The summed E-state index contributed by atoms with van der Waals surface area (Å²) in [4.78, 5) is 0. The quantitative estimate of drug-likeness (QED) is 0.782. The van der Waals surface area contributed by atoms with E-state index >= 15 is 0 Å². The predicted octanol–water partition coefficient (Wildman–Crippen LogP) is 2.15. The predicted molar refractivity (Wildman–Crippen MR) is 51.1 cm³/mol. The third-order valence-corrected chi connectivity index (χ3v) is 1.81. The molecule has 1 aromatic rings. The molecule has 2 N–H and O–H groups in total. The molecule has 0 radical (unpaired) electrons. The Morgan fingerprint density at radius 1 is 1.43 bits per heavy atom. The monoisotopic (exact) mass is 201 g/mol. The van der Waals surface area contributed by atoms with Crippen LogP contribution in [0, 0.1) is 11.6 Å². The van der Waals surface area contributed by atoms with E-state index < -0.39 is 17.7 Å². The normalized spacial score (nSPS) is 12.6. The summed E-state index contributed by atoms with van der Waals surface area (Å²) < 4.78 is 25.5. The van der Waals surface area contributed by atoms with Crippen LogP contribution in [0.15, 0.2) is 18.2 Å². The molecule has 0 aromatic heterocycles. The van der Waals surface area contributed by atoms with Gasteiger partial charge in [-0.25, -0.2) is 8.78 Å². The van der Waals surface area contributed by atoms with Gasteiger partial charge in [-0.1, -0.05) is 0 Å². The van der Waals surface area contributed by atoms with E-state index in [0.29, 0.717) is 13.0 Å². The fourth-order valence-corrected chi connectivity index (χ4v) is 1.05. The lowest BCUT2D eigenvalue weighted by Crippen LogP contribution is -2.10. The first-order chi connectivity index (χ1) is 6.59. The molecule has 4 heteroatoms. The van der Waals surface area contributed by atoms with Crippen LogP contribution in [0.2, 0.25) is 0 Å². The SMILES string of the molecule is CC(O)CCNc1ccc(F)cc1F. The van der Waals surface area contributed by atoms with Gasteiger partial charge in [0.1, 0.15) is 11.6 Å². The number of nitrogens with one attached hydrogen (secondary N) is 1. The van der Waals surface area contributed by atoms with Crippen LogP contribution in [0.4, 0.5) is 14.5 Å². The largest absolute Gasteiger partial charge is 0.393 e. The molecule has 2 nitrogen and oxygen atoms in total. The fraction of sp³-hybridized carbons (Fsp3) is 0.400. The zero-order chi connectivity index (χ0) is 10.6. The lowest BCUT2D eigenvalue weighted by Gasteiger charge is -2.08. The summed E-state index contributed by atoms with van der Waals surface area (Å²) in [6.07, 6.45) is 0.0996. The molecule has 0 aliphatic rings. The Balaban J connectivity index is 2.51. The Morgan fingerprint density at radius 3 is 2.71 bits per heavy atom. The number of aliphatic hydroxyl groups is 1. The van der Waals surface area contributed by atoms with Crippen LogP contribution >= 0.6 is 0 Å². The molecule has 1 rings (SSSR count). The fourth-order valence-electron chi connectivity index (χ4n) is 1.05. The molecular weight excluding hydrogens is 188 g/mol. The van der Waals surface area contributed by atoms with Gasteiger partial charge in [0, 0.05) is 12.6 Å². The van der Waals surface area contributed by atoms with Gasteiger partial charge in [-0.2, -0.15) is 0 Å². The third kappa shape index (κ3) is 3.30. The van der Waals surface area contributed by atoms with Crippen molar-refractivity contribution in [3.8, 4) is 0 Å². The molecule has 1 unspecified atom stereocenters. The van der Waals surface area contributed by atoms with E-state index in [2.05, 4.69) is 5.32 Å². The van der Waals surface area contributed by atoms with Gasteiger partial charge in [0.05, 0.1) is 11.8 Å². The van der Waals surface area contributed by atoms with Gasteiger partial charge in [0.15, 0.2) is 0 Å². The molecule has 0 heterocycles. The highest BCUT2D eigenvalue weighted by Gasteiger charge is 2.03. The second kappa shape index (κ2) is 4.91. The number of aliphatic hydroxyl groups excluding tert-OH is 1. The summed E-state index contributed by atoms with van der Waals surface area (Å²) in [6.45, 7) is 2.11. The van der Waals surface area contributed by atoms with Gasteiger partial charge >= 0.3 is 0 Å². The van der Waals surface area contributed by atoms with Crippen molar-refractivity contribution >= 4 is 5.69 Å². The van der Waals surface area contributed by atoms with E-state index in [9.17, 15) is 8.78 Å². The first kappa shape index (κ1) is 10.9. The van der Waals surface area contributed by atoms with Gasteiger partial charge in [0.25, 0.3) is 0 Å². The van der Waals surface area contributed by atoms with E-state index in [4.69, 9.17) is 5.11 Å². The summed E-state index contributed by atoms with van der Waals surface area (Å²) in [5, 5.41) is 11.7. The van der Waals surface area contributed by atoms with Crippen LogP contribution in [-0.2, 0) is 0 Å². The topological polar surface area (TPSA) is 32.3 Å². The highest BCUT2D eigenvalue weighted by Crippen LogP contribution is 2.14. The summed E-state index contributed by atoms with van der Waals surface area (Å²) in [5.74, 6) is -1.21. The van der Waals surface area contributed by atoms with Crippen molar-refractivity contribution in [2.24, 2.45) is 0 Å². The average molecular weight is 201 g/mol. The van der Waals surface area contributed by atoms with E-state index in [1.54, 1.807) is 6.92 Å². The first-order valence-electron chi connectivity index (χ1n) is 4.46. The van der Waals surface area contributed by atoms with Crippen LogP contribution in [0.1, 0.15) is 13.3 Å². The maximum absolute atomic E-state index is 13.0. The minimum atomic E-state index is -0.615. The van der Waals surface area contributed by atoms with E-state index in [0.717, 1.165) is 6.07 Å². The summed E-state index contributed by atoms with van der Waals surface area (Å²) >= 11 is 0. The number of rotatable bonds is 4. The van der Waals surface area contributed by atoms with Gasteiger partial charge in [-0.3, -0.25) is 0 Å². The van der Waals surface area contributed by atoms with Crippen molar-refractivity contribution in [3.63, 3.8) is 0 Å². The van der Waals surface area contributed by atoms with Crippen LogP contribution in [0.25, 0.3) is 0 Å². The lowest BCUT2D eigenvalue weighted by molar-refractivity contribution is 0.188. The summed E-state index contributed by atoms with van der Waals surface area (Å²) in [7, 11) is 0. The second-order valence-electron chi connectivity index (χ2n) is 3.19.